The van der Waals surface area contributed by atoms with Crippen molar-refractivity contribution in [2.24, 2.45) is 10.8 Å². The molecule has 0 amide bonds. The van der Waals surface area contributed by atoms with Gasteiger partial charge in [-0.25, -0.2) is 5.84 Å². The van der Waals surface area contributed by atoms with Crippen molar-refractivity contribution in [1.29, 1.82) is 0 Å². The Morgan fingerprint density at radius 2 is 2.00 bits per heavy atom. The van der Waals surface area contributed by atoms with Crippen LogP contribution in [0.1, 0.15) is 33.3 Å². The third-order valence-corrected chi connectivity index (χ3v) is 2.03. The summed E-state index contributed by atoms with van der Waals surface area (Å²) in [6.45, 7) is 8.63. The number of rotatable bonds is 3. The number of nitrogens with one attached hydrogen (secondary N) is 1. The summed E-state index contributed by atoms with van der Waals surface area (Å²) in [4.78, 5) is 4.54. The van der Waals surface area contributed by atoms with E-state index in [0.29, 0.717) is 12.4 Å². The lowest BCUT2D eigenvalue weighted by Gasteiger charge is -2.17. The second-order valence-corrected chi connectivity index (χ2v) is 4.70. The molecule has 94 valence electrons. The van der Waals surface area contributed by atoms with Crippen LogP contribution in [-0.4, -0.2) is 18.0 Å². The van der Waals surface area contributed by atoms with Gasteiger partial charge in [0.15, 0.2) is 0 Å². The zero-order chi connectivity index (χ0) is 12.9. The van der Waals surface area contributed by atoms with Gasteiger partial charge < -0.3 is 10.2 Å². The fourth-order valence-corrected chi connectivity index (χ4v) is 1.45. The summed E-state index contributed by atoms with van der Waals surface area (Å²) in [7, 11) is 0. The lowest BCUT2D eigenvalue weighted by Crippen LogP contribution is -2.34. The van der Waals surface area contributed by atoms with E-state index in [4.69, 9.17) is 10.6 Å². The second kappa shape index (κ2) is 5.68. The fourth-order valence-electron chi connectivity index (χ4n) is 1.45. The molecule has 0 aliphatic heterocycles. The van der Waals surface area contributed by atoms with Crippen LogP contribution in [0.2, 0.25) is 0 Å². The topological polar surface area (TPSA) is 59.6 Å². The molecule has 0 unspecified atom stereocenters. The van der Waals surface area contributed by atoms with E-state index in [0.717, 1.165) is 11.3 Å². The Hall–Kier alpha value is -1.55. The predicted octanol–water partition coefficient (Wildman–Crippen LogP) is 2.09. The monoisotopic (exact) mass is 235 g/mol. The van der Waals surface area contributed by atoms with Crippen molar-refractivity contribution in [3.63, 3.8) is 0 Å². The van der Waals surface area contributed by atoms with Crippen LogP contribution in [0.3, 0.4) is 0 Å². The molecule has 0 fully saturated rings. The highest BCUT2D eigenvalue weighted by molar-refractivity contribution is 6.01. The number of hydrogen-bond donors (Lipinski definition) is 2. The number of hydrazine groups is 1. The van der Waals surface area contributed by atoms with Gasteiger partial charge in [-0.2, -0.15) is 0 Å². The zero-order valence-corrected chi connectivity index (χ0v) is 10.9. The SMILES string of the molecule is CCOc1ccccc1C(=NC(C)(C)C)NN. The predicted molar refractivity (Wildman–Crippen MR) is 71.2 cm³/mol. The maximum atomic E-state index is 5.56. The first-order valence-corrected chi connectivity index (χ1v) is 5.76. The number of para-hydroxylation sites is 1. The lowest BCUT2D eigenvalue weighted by molar-refractivity contribution is 0.339. The summed E-state index contributed by atoms with van der Waals surface area (Å²) in [6.07, 6.45) is 0. The Morgan fingerprint density at radius 3 is 2.53 bits per heavy atom. The molecule has 0 spiro atoms. The molecule has 0 saturated heterocycles. The van der Waals surface area contributed by atoms with Crippen LogP contribution in [-0.2, 0) is 0 Å². The number of benzene rings is 1. The first-order valence-electron chi connectivity index (χ1n) is 5.76. The van der Waals surface area contributed by atoms with E-state index in [-0.39, 0.29) is 5.54 Å². The molecule has 1 aromatic rings. The molecule has 17 heavy (non-hydrogen) atoms. The number of nitrogens with zero attached hydrogens (tertiary/aromatic N) is 1. The van der Waals surface area contributed by atoms with E-state index >= 15 is 0 Å². The van der Waals surface area contributed by atoms with E-state index in [1.54, 1.807) is 0 Å². The number of hydrogen-bond acceptors (Lipinski definition) is 3. The minimum Gasteiger partial charge on any atom is -0.493 e. The van der Waals surface area contributed by atoms with E-state index in [1.165, 1.54) is 0 Å². The van der Waals surface area contributed by atoms with Gasteiger partial charge in [-0.15, -0.1) is 0 Å². The van der Waals surface area contributed by atoms with Crippen LogP contribution in [0.5, 0.6) is 5.75 Å². The van der Waals surface area contributed by atoms with Crippen LogP contribution in [0.25, 0.3) is 0 Å². The van der Waals surface area contributed by atoms with Gasteiger partial charge in [0.1, 0.15) is 11.6 Å². The third kappa shape index (κ3) is 4.07. The number of amidine groups is 1. The molecule has 4 heteroatoms. The molecule has 0 bridgehead atoms. The highest BCUT2D eigenvalue weighted by Gasteiger charge is 2.14. The minimum atomic E-state index is -0.193. The molecule has 4 nitrogen and oxygen atoms in total. The minimum absolute atomic E-state index is 0.193. The number of nitrogens with two attached hydrogens (primary N) is 1. The lowest BCUT2D eigenvalue weighted by atomic mass is 10.1. The summed E-state index contributed by atoms with van der Waals surface area (Å²) in [5.74, 6) is 6.97. The first-order chi connectivity index (χ1) is 7.98. The maximum absolute atomic E-state index is 5.56. The van der Waals surface area contributed by atoms with Gasteiger partial charge in [-0.05, 0) is 39.8 Å². The van der Waals surface area contributed by atoms with Gasteiger partial charge >= 0.3 is 0 Å². The Kier molecular flexibility index (Phi) is 4.52. The fraction of sp³-hybridized carbons (Fsp3) is 0.462. The smallest absolute Gasteiger partial charge is 0.146 e. The van der Waals surface area contributed by atoms with E-state index in [9.17, 15) is 0 Å². The van der Waals surface area contributed by atoms with Gasteiger partial charge in [0.2, 0.25) is 0 Å². The summed E-state index contributed by atoms with van der Waals surface area (Å²) in [6, 6.07) is 7.72. The summed E-state index contributed by atoms with van der Waals surface area (Å²) in [5.41, 5.74) is 3.33. The van der Waals surface area contributed by atoms with Crippen molar-refractivity contribution in [3.8, 4) is 5.75 Å². The molecule has 0 aliphatic rings. The van der Waals surface area contributed by atoms with Crippen molar-refractivity contribution >= 4 is 5.84 Å². The van der Waals surface area contributed by atoms with E-state index in [1.807, 2.05) is 52.0 Å². The summed E-state index contributed by atoms with van der Waals surface area (Å²) in [5, 5.41) is 0. The maximum Gasteiger partial charge on any atom is 0.146 e. The molecular weight excluding hydrogens is 214 g/mol. The Morgan fingerprint density at radius 1 is 1.35 bits per heavy atom. The molecular formula is C13H21N3O. The second-order valence-electron chi connectivity index (χ2n) is 4.70. The highest BCUT2D eigenvalue weighted by atomic mass is 16.5. The largest absolute Gasteiger partial charge is 0.493 e. The van der Waals surface area contributed by atoms with Gasteiger partial charge in [0, 0.05) is 0 Å². The molecule has 0 radical (unpaired) electrons. The van der Waals surface area contributed by atoms with Gasteiger partial charge in [0.05, 0.1) is 17.7 Å². The molecule has 0 saturated carbocycles. The van der Waals surface area contributed by atoms with Crippen molar-refractivity contribution in [2.75, 3.05) is 6.61 Å². The van der Waals surface area contributed by atoms with E-state index < -0.39 is 0 Å². The van der Waals surface area contributed by atoms with Crippen LogP contribution >= 0.6 is 0 Å². The summed E-state index contributed by atoms with van der Waals surface area (Å²) >= 11 is 0. The first kappa shape index (κ1) is 13.5. The molecule has 3 N–H and O–H groups in total. The van der Waals surface area contributed by atoms with Crippen molar-refractivity contribution in [1.82, 2.24) is 5.43 Å². The molecule has 0 heterocycles. The average molecular weight is 235 g/mol. The quantitative estimate of drug-likeness (QED) is 0.365. The Bertz CT molecular complexity index is 394. The molecule has 0 atom stereocenters. The van der Waals surface area contributed by atoms with Crippen LogP contribution in [0.4, 0.5) is 0 Å². The normalized spacial score (nSPS) is 12.4. The van der Waals surface area contributed by atoms with E-state index in [2.05, 4.69) is 10.4 Å². The van der Waals surface area contributed by atoms with Crippen molar-refractivity contribution in [3.05, 3.63) is 29.8 Å². The van der Waals surface area contributed by atoms with Crippen LogP contribution in [0.15, 0.2) is 29.3 Å². The highest BCUT2D eigenvalue weighted by Crippen LogP contribution is 2.19. The van der Waals surface area contributed by atoms with Gasteiger partial charge in [-0.3, -0.25) is 4.99 Å². The Balaban J connectivity index is 3.16. The van der Waals surface area contributed by atoms with Crippen LogP contribution in [0, 0.1) is 0 Å². The van der Waals surface area contributed by atoms with Crippen molar-refractivity contribution < 1.29 is 4.74 Å². The molecule has 0 aromatic heterocycles. The number of ether oxygens (including phenoxy) is 1. The van der Waals surface area contributed by atoms with Gasteiger partial charge in [-0.1, -0.05) is 12.1 Å². The van der Waals surface area contributed by atoms with Crippen molar-refractivity contribution in [2.45, 2.75) is 33.2 Å². The standard InChI is InChI=1S/C13H21N3O/c1-5-17-11-9-7-6-8-10(11)12(16-14)15-13(2,3)4/h6-9H,5,14H2,1-4H3,(H,15,16). The Labute approximate surface area is 103 Å². The molecule has 1 rings (SSSR count). The van der Waals surface area contributed by atoms with Gasteiger partial charge in [0.25, 0.3) is 0 Å². The summed E-state index contributed by atoms with van der Waals surface area (Å²) < 4.78 is 5.56. The van der Waals surface area contributed by atoms with Crippen LogP contribution < -0.4 is 16.0 Å². The average Bonchev–Trinajstić information content (AvgIpc) is 2.26. The molecule has 1 aromatic carbocycles. The third-order valence-electron chi connectivity index (χ3n) is 2.03. The number of aliphatic imine (C=N–C) groups is 1. The molecule has 0 aliphatic carbocycles. The zero-order valence-electron chi connectivity index (χ0n) is 10.9.